The number of benzene rings is 2. The highest BCUT2D eigenvalue weighted by Gasteiger charge is 2.11. The van der Waals surface area contributed by atoms with Crippen molar-refractivity contribution in [3.05, 3.63) is 66.2 Å². The van der Waals surface area contributed by atoms with Gasteiger partial charge in [-0.25, -0.2) is 14.8 Å². The van der Waals surface area contributed by atoms with Gasteiger partial charge in [-0.15, -0.1) is 0 Å². The van der Waals surface area contributed by atoms with Gasteiger partial charge in [0.15, 0.2) is 5.82 Å². The van der Waals surface area contributed by atoms with Crippen LogP contribution in [0, 0.1) is 0 Å². The Morgan fingerprint density at radius 3 is 2.29 bits per heavy atom. The minimum Gasteiger partial charge on any atom is -0.465 e. The van der Waals surface area contributed by atoms with Gasteiger partial charge in [-0.3, -0.25) is 0 Å². The van der Waals surface area contributed by atoms with Gasteiger partial charge in [0.2, 0.25) is 0 Å². The topological polar surface area (TPSA) is 67.4 Å². The van der Waals surface area contributed by atoms with E-state index in [0.717, 1.165) is 30.2 Å². The number of carbonyl (C=O) groups is 1. The van der Waals surface area contributed by atoms with Crippen molar-refractivity contribution in [1.29, 1.82) is 0 Å². The maximum Gasteiger partial charge on any atom is 0.337 e. The Morgan fingerprint density at radius 1 is 1.00 bits per heavy atom. The van der Waals surface area contributed by atoms with Gasteiger partial charge in [-0.1, -0.05) is 30.3 Å². The third kappa shape index (κ3) is 4.46. The predicted octanol–water partition coefficient (Wildman–Crippen LogP) is 4.52. The molecular formula is C22H24N4O2. The lowest BCUT2D eigenvalue weighted by molar-refractivity contribution is 0.0601. The highest BCUT2D eigenvalue weighted by molar-refractivity contribution is 5.89. The van der Waals surface area contributed by atoms with Gasteiger partial charge in [0, 0.05) is 30.4 Å². The average molecular weight is 376 g/mol. The van der Waals surface area contributed by atoms with E-state index in [-0.39, 0.29) is 5.97 Å². The van der Waals surface area contributed by atoms with Crippen molar-refractivity contribution in [2.24, 2.45) is 0 Å². The first-order chi connectivity index (χ1) is 13.6. The normalized spacial score (nSPS) is 10.4. The molecule has 0 fully saturated rings. The third-order valence-corrected chi connectivity index (χ3v) is 4.41. The first kappa shape index (κ1) is 19.4. The molecule has 0 spiro atoms. The van der Waals surface area contributed by atoms with E-state index in [0.29, 0.717) is 17.2 Å². The lowest BCUT2D eigenvalue weighted by atomic mass is 10.2. The summed E-state index contributed by atoms with van der Waals surface area (Å²) < 4.78 is 4.74. The summed E-state index contributed by atoms with van der Waals surface area (Å²) in [6.07, 6.45) is 0. The Hall–Kier alpha value is -3.41. The first-order valence-electron chi connectivity index (χ1n) is 9.29. The number of nitrogens with zero attached hydrogens (tertiary/aromatic N) is 3. The third-order valence-electron chi connectivity index (χ3n) is 4.41. The zero-order valence-corrected chi connectivity index (χ0v) is 16.3. The molecule has 6 nitrogen and oxygen atoms in total. The number of ether oxygens (including phenoxy) is 1. The molecule has 3 aromatic rings. The molecule has 0 unspecified atom stereocenters. The summed E-state index contributed by atoms with van der Waals surface area (Å²) in [6, 6.07) is 18.9. The molecule has 0 bridgehead atoms. The molecule has 28 heavy (non-hydrogen) atoms. The summed E-state index contributed by atoms with van der Waals surface area (Å²) in [5, 5.41) is 3.31. The molecule has 0 atom stereocenters. The number of rotatable bonds is 7. The molecule has 2 aromatic carbocycles. The van der Waals surface area contributed by atoms with Crippen molar-refractivity contribution in [3.8, 4) is 11.4 Å². The summed E-state index contributed by atoms with van der Waals surface area (Å²) in [5.41, 5.74) is 2.29. The quantitative estimate of drug-likeness (QED) is 0.612. The minimum absolute atomic E-state index is 0.358. The number of aromatic nitrogens is 2. The van der Waals surface area contributed by atoms with E-state index in [4.69, 9.17) is 9.72 Å². The van der Waals surface area contributed by atoms with Crippen LogP contribution in [-0.4, -0.2) is 36.1 Å². The van der Waals surface area contributed by atoms with E-state index in [1.54, 1.807) is 12.1 Å². The van der Waals surface area contributed by atoms with E-state index in [2.05, 4.69) is 29.0 Å². The Morgan fingerprint density at radius 2 is 1.68 bits per heavy atom. The Balaban J connectivity index is 1.95. The standard InChI is InChI=1S/C22H24N4O2/c1-4-26(5-2)20-15-19(24-21(25-20)16-9-7-6-8-10-16)23-18-13-11-17(12-14-18)22(27)28-3/h6-15H,4-5H2,1-3H3,(H,23,24,25). The molecule has 0 saturated heterocycles. The molecule has 6 heteroatoms. The fraction of sp³-hybridized carbons (Fsp3) is 0.227. The first-order valence-corrected chi connectivity index (χ1v) is 9.29. The highest BCUT2D eigenvalue weighted by atomic mass is 16.5. The van der Waals surface area contributed by atoms with Crippen LogP contribution in [0.25, 0.3) is 11.4 Å². The van der Waals surface area contributed by atoms with Gasteiger partial charge in [0.25, 0.3) is 0 Å². The van der Waals surface area contributed by atoms with Crippen molar-refractivity contribution in [2.45, 2.75) is 13.8 Å². The van der Waals surface area contributed by atoms with Gasteiger partial charge in [-0.2, -0.15) is 0 Å². The number of hydrogen-bond donors (Lipinski definition) is 1. The molecule has 0 aliphatic carbocycles. The monoisotopic (exact) mass is 376 g/mol. The second kappa shape index (κ2) is 8.99. The van der Waals surface area contributed by atoms with E-state index in [1.165, 1.54) is 7.11 Å². The van der Waals surface area contributed by atoms with Crippen LogP contribution in [0.3, 0.4) is 0 Å². The van der Waals surface area contributed by atoms with E-state index in [1.807, 2.05) is 48.5 Å². The summed E-state index contributed by atoms with van der Waals surface area (Å²) >= 11 is 0. The molecule has 0 aliphatic heterocycles. The van der Waals surface area contributed by atoms with E-state index >= 15 is 0 Å². The second-order valence-corrected chi connectivity index (χ2v) is 6.17. The van der Waals surface area contributed by atoms with Gasteiger partial charge in [0.05, 0.1) is 12.7 Å². The van der Waals surface area contributed by atoms with Crippen molar-refractivity contribution in [2.75, 3.05) is 30.4 Å². The van der Waals surface area contributed by atoms with E-state index in [9.17, 15) is 4.79 Å². The SMILES string of the molecule is CCN(CC)c1cc(Nc2ccc(C(=O)OC)cc2)nc(-c2ccccc2)n1. The zero-order valence-electron chi connectivity index (χ0n) is 16.3. The van der Waals surface area contributed by atoms with Crippen LogP contribution in [0.2, 0.25) is 0 Å². The Labute approximate surface area is 165 Å². The van der Waals surface area contributed by atoms with Crippen LogP contribution >= 0.6 is 0 Å². The molecular weight excluding hydrogens is 352 g/mol. The molecule has 0 aliphatic rings. The lowest BCUT2D eigenvalue weighted by Crippen LogP contribution is -2.23. The number of methoxy groups -OCH3 is 1. The zero-order chi connectivity index (χ0) is 19.9. The Kier molecular flexibility index (Phi) is 6.22. The van der Waals surface area contributed by atoms with Gasteiger partial charge >= 0.3 is 5.97 Å². The summed E-state index contributed by atoms with van der Waals surface area (Å²) in [4.78, 5) is 23.2. The maximum atomic E-state index is 11.6. The van der Waals surface area contributed by atoms with Gasteiger partial charge in [0.1, 0.15) is 11.6 Å². The molecule has 144 valence electrons. The lowest BCUT2D eigenvalue weighted by Gasteiger charge is -2.21. The molecule has 0 radical (unpaired) electrons. The van der Waals surface area contributed by atoms with Crippen molar-refractivity contribution < 1.29 is 9.53 Å². The highest BCUT2D eigenvalue weighted by Crippen LogP contribution is 2.25. The van der Waals surface area contributed by atoms with Crippen LogP contribution < -0.4 is 10.2 Å². The fourth-order valence-electron chi connectivity index (χ4n) is 2.88. The summed E-state index contributed by atoms with van der Waals surface area (Å²) in [5.74, 6) is 1.87. The minimum atomic E-state index is -0.358. The number of carbonyl (C=O) groups excluding carboxylic acids is 1. The summed E-state index contributed by atoms with van der Waals surface area (Å²) in [6.45, 7) is 5.92. The average Bonchev–Trinajstić information content (AvgIpc) is 2.75. The van der Waals surface area contributed by atoms with Crippen LogP contribution in [0.4, 0.5) is 17.3 Å². The Bertz CT molecular complexity index is 923. The largest absolute Gasteiger partial charge is 0.465 e. The predicted molar refractivity (Wildman–Crippen MR) is 112 cm³/mol. The molecule has 1 N–H and O–H groups in total. The number of hydrogen-bond acceptors (Lipinski definition) is 6. The van der Waals surface area contributed by atoms with Crippen LogP contribution in [0.5, 0.6) is 0 Å². The van der Waals surface area contributed by atoms with Gasteiger partial charge < -0.3 is 15.0 Å². The summed E-state index contributed by atoms with van der Waals surface area (Å²) in [7, 11) is 1.37. The molecule has 0 amide bonds. The number of anilines is 3. The van der Waals surface area contributed by atoms with E-state index < -0.39 is 0 Å². The molecule has 0 saturated carbocycles. The maximum absolute atomic E-state index is 11.6. The molecule has 1 aromatic heterocycles. The molecule has 3 rings (SSSR count). The molecule has 1 heterocycles. The van der Waals surface area contributed by atoms with Crippen molar-refractivity contribution >= 4 is 23.3 Å². The van der Waals surface area contributed by atoms with Crippen LogP contribution in [0.1, 0.15) is 24.2 Å². The second-order valence-electron chi connectivity index (χ2n) is 6.17. The van der Waals surface area contributed by atoms with Gasteiger partial charge in [-0.05, 0) is 38.1 Å². The number of esters is 1. The fourth-order valence-corrected chi connectivity index (χ4v) is 2.88. The smallest absolute Gasteiger partial charge is 0.337 e. The van der Waals surface area contributed by atoms with Crippen LogP contribution in [0.15, 0.2) is 60.7 Å². The van der Waals surface area contributed by atoms with Crippen LogP contribution in [-0.2, 0) is 4.74 Å². The number of nitrogens with one attached hydrogen (secondary N) is 1. The van der Waals surface area contributed by atoms with Crippen molar-refractivity contribution in [1.82, 2.24) is 9.97 Å². The van der Waals surface area contributed by atoms with Crippen molar-refractivity contribution in [3.63, 3.8) is 0 Å².